The van der Waals surface area contributed by atoms with Gasteiger partial charge in [-0.3, -0.25) is 0 Å². The summed E-state index contributed by atoms with van der Waals surface area (Å²) >= 11 is 0. The van der Waals surface area contributed by atoms with Gasteiger partial charge in [0.2, 0.25) is 0 Å². The van der Waals surface area contributed by atoms with E-state index in [2.05, 4.69) is 32.0 Å². The molecule has 0 heterocycles. The van der Waals surface area contributed by atoms with E-state index in [0.717, 1.165) is 37.5 Å². The molecular weight excluding hydrogens is 282 g/mol. The van der Waals surface area contributed by atoms with Crippen molar-refractivity contribution in [3.8, 4) is 11.8 Å². The van der Waals surface area contributed by atoms with Gasteiger partial charge in [0.15, 0.2) is 0 Å². The summed E-state index contributed by atoms with van der Waals surface area (Å²) < 4.78 is 5.65. The Morgan fingerprint density at radius 2 is 1.78 bits per heavy atom. The maximum absolute atomic E-state index is 9.82. The number of nitrogens with zero attached hydrogens (tertiary/aromatic N) is 1. The molecule has 0 spiro atoms. The average Bonchev–Trinajstić information content (AvgIpc) is 2.61. The van der Waals surface area contributed by atoms with Gasteiger partial charge in [0.1, 0.15) is 5.75 Å². The summed E-state index contributed by atoms with van der Waals surface area (Å²) in [6.45, 7) is 5.12. The molecule has 1 aliphatic carbocycles. The van der Waals surface area contributed by atoms with Crippen LogP contribution in [0.2, 0.25) is 0 Å². The Kier molecular flexibility index (Phi) is 6.96. The number of unbranched alkanes of at least 4 members (excludes halogenated alkanes) is 2. The minimum atomic E-state index is -0.273. The standard InChI is InChI=1S/C21H31NO/c1-3-5-6-7-18-12-14-21(17-22,15-13-18)19-8-10-20(11-9-19)23-16-4-2/h8-11,18H,3-7,12-16H2,1-2H3. The van der Waals surface area contributed by atoms with E-state index in [9.17, 15) is 5.26 Å². The van der Waals surface area contributed by atoms with E-state index in [1.165, 1.54) is 44.1 Å². The molecule has 1 aromatic carbocycles. The fourth-order valence-electron chi connectivity index (χ4n) is 3.70. The van der Waals surface area contributed by atoms with Gasteiger partial charge in [0.25, 0.3) is 0 Å². The van der Waals surface area contributed by atoms with Crippen molar-refractivity contribution in [3.05, 3.63) is 29.8 Å². The SMILES string of the molecule is CCCCCC1CCC(C#N)(c2ccc(OCCC)cc2)CC1. The first-order valence-corrected chi connectivity index (χ1v) is 9.38. The lowest BCUT2D eigenvalue weighted by molar-refractivity contribution is 0.261. The van der Waals surface area contributed by atoms with Crippen molar-refractivity contribution in [2.24, 2.45) is 5.92 Å². The first-order chi connectivity index (χ1) is 11.2. The zero-order chi connectivity index (χ0) is 16.5. The van der Waals surface area contributed by atoms with Crippen molar-refractivity contribution in [1.29, 1.82) is 5.26 Å². The van der Waals surface area contributed by atoms with Crippen LogP contribution in [0, 0.1) is 17.2 Å². The second-order valence-electron chi connectivity index (χ2n) is 7.01. The molecule has 126 valence electrons. The van der Waals surface area contributed by atoms with E-state index in [1.807, 2.05) is 12.1 Å². The van der Waals surface area contributed by atoms with Crippen LogP contribution in [-0.4, -0.2) is 6.61 Å². The van der Waals surface area contributed by atoms with E-state index in [-0.39, 0.29) is 5.41 Å². The highest BCUT2D eigenvalue weighted by atomic mass is 16.5. The van der Waals surface area contributed by atoms with Gasteiger partial charge in [-0.2, -0.15) is 5.26 Å². The van der Waals surface area contributed by atoms with Crippen molar-refractivity contribution >= 4 is 0 Å². The van der Waals surface area contributed by atoms with Gasteiger partial charge in [-0.15, -0.1) is 0 Å². The fourth-order valence-corrected chi connectivity index (χ4v) is 3.70. The van der Waals surface area contributed by atoms with E-state index in [4.69, 9.17) is 4.74 Å². The minimum absolute atomic E-state index is 0.273. The van der Waals surface area contributed by atoms with Gasteiger partial charge >= 0.3 is 0 Å². The maximum atomic E-state index is 9.82. The molecule has 0 unspecified atom stereocenters. The first kappa shape index (κ1) is 17.9. The number of ether oxygens (including phenoxy) is 1. The van der Waals surface area contributed by atoms with Gasteiger partial charge < -0.3 is 4.74 Å². The van der Waals surface area contributed by atoms with Crippen LogP contribution < -0.4 is 4.74 Å². The second kappa shape index (κ2) is 8.96. The fraction of sp³-hybridized carbons (Fsp3) is 0.667. The largest absolute Gasteiger partial charge is 0.494 e. The van der Waals surface area contributed by atoms with Crippen molar-refractivity contribution < 1.29 is 4.74 Å². The Morgan fingerprint density at radius 1 is 1.09 bits per heavy atom. The normalized spacial score (nSPS) is 24.1. The molecule has 1 aromatic rings. The van der Waals surface area contributed by atoms with Crippen molar-refractivity contribution in [3.63, 3.8) is 0 Å². The third kappa shape index (κ3) is 4.74. The smallest absolute Gasteiger partial charge is 0.119 e. The minimum Gasteiger partial charge on any atom is -0.494 e. The topological polar surface area (TPSA) is 33.0 Å². The lowest BCUT2D eigenvalue weighted by atomic mass is 9.67. The van der Waals surface area contributed by atoms with Crippen molar-refractivity contribution in [1.82, 2.24) is 0 Å². The predicted molar refractivity (Wildman–Crippen MR) is 95.6 cm³/mol. The Morgan fingerprint density at radius 3 is 2.35 bits per heavy atom. The van der Waals surface area contributed by atoms with Crippen LogP contribution >= 0.6 is 0 Å². The molecule has 2 rings (SSSR count). The monoisotopic (exact) mass is 313 g/mol. The summed E-state index contributed by atoms with van der Waals surface area (Å²) in [5.41, 5.74) is 0.903. The van der Waals surface area contributed by atoms with Crippen molar-refractivity contribution in [2.45, 2.75) is 77.0 Å². The second-order valence-corrected chi connectivity index (χ2v) is 7.01. The molecule has 0 radical (unpaired) electrons. The van der Waals surface area contributed by atoms with Crippen LogP contribution in [0.25, 0.3) is 0 Å². The summed E-state index contributed by atoms with van der Waals surface area (Å²) in [7, 11) is 0. The van der Waals surface area contributed by atoms with Crippen LogP contribution in [-0.2, 0) is 5.41 Å². The third-order valence-electron chi connectivity index (χ3n) is 5.27. The molecule has 0 amide bonds. The van der Waals surface area contributed by atoms with E-state index >= 15 is 0 Å². The van der Waals surface area contributed by atoms with Crippen LogP contribution in [0.1, 0.15) is 77.2 Å². The Labute approximate surface area is 141 Å². The highest BCUT2D eigenvalue weighted by molar-refractivity contribution is 5.37. The molecule has 1 saturated carbocycles. The van der Waals surface area contributed by atoms with Gasteiger partial charge in [-0.05, 0) is 55.7 Å². The number of benzene rings is 1. The number of rotatable bonds is 8. The van der Waals surface area contributed by atoms with E-state index in [0.29, 0.717) is 0 Å². The van der Waals surface area contributed by atoms with Crippen LogP contribution in [0.4, 0.5) is 0 Å². The summed E-state index contributed by atoms with van der Waals surface area (Å²) in [6, 6.07) is 10.9. The number of hydrogen-bond acceptors (Lipinski definition) is 2. The number of hydrogen-bond donors (Lipinski definition) is 0. The molecule has 0 saturated heterocycles. The molecule has 2 heteroatoms. The maximum Gasteiger partial charge on any atom is 0.119 e. The molecule has 0 aliphatic heterocycles. The van der Waals surface area contributed by atoms with Crippen LogP contribution in [0.15, 0.2) is 24.3 Å². The lowest BCUT2D eigenvalue weighted by Crippen LogP contribution is -2.30. The quantitative estimate of drug-likeness (QED) is 0.551. The summed E-state index contributed by atoms with van der Waals surface area (Å²) in [5, 5.41) is 9.82. The summed E-state index contributed by atoms with van der Waals surface area (Å²) in [6.07, 6.45) is 10.8. The third-order valence-corrected chi connectivity index (χ3v) is 5.27. The van der Waals surface area contributed by atoms with E-state index < -0.39 is 0 Å². The van der Waals surface area contributed by atoms with Crippen molar-refractivity contribution in [2.75, 3.05) is 6.61 Å². The highest BCUT2D eigenvalue weighted by Gasteiger charge is 2.36. The molecule has 0 aromatic heterocycles. The lowest BCUT2D eigenvalue weighted by Gasteiger charge is -2.35. The molecule has 0 bridgehead atoms. The Bertz CT molecular complexity index is 492. The molecule has 23 heavy (non-hydrogen) atoms. The zero-order valence-electron chi connectivity index (χ0n) is 14.8. The molecule has 0 N–H and O–H groups in total. The highest BCUT2D eigenvalue weighted by Crippen LogP contribution is 2.42. The van der Waals surface area contributed by atoms with Gasteiger partial charge in [0, 0.05) is 0 Å². The predicted octanol–water partition coefficient (Wildman–Crippen LogP) is 6.01. The van der Waals surface area contributed by atoms with Gasteiger partial charge in [0.05, 0.1) is 18.1 Å². The Hall–Kier alpha value is -1.49. The molecule has 0 atom stereocenters. The zero-order valence-corrected chi connectivity index (χ0v) is 14.8. The average molecular weight is 313 g/mol. The molecule has 1 fully saturated rings. The molecule has 1 aliphatic rings. The summed E-state index contributed by atoms with van der Waals surface area (Å²) in [4.78, 5) is 0. The molecular formula is C21H31NO. The molecule has 2 nitrogen and oxygen atoms in total. The van der Waals surface area contributed by atoms with Crippen LogP contribution in [0.3, 0.4) is 0 Å². The van der Waals surface area contributed by atoms with Gasteiger partial charge in [-0.25, -0.2) is 0 Å². The first-order valence-electron chi connectivity index (χ1n) is 9.38. The van der Waals surface area contributed by atoms with Crippen LogP contribution in [0.5, 0.6) is 5.75 Å². The summed E-state index contributed by atoms with van der Waals surface area (Å²) in [5.74, 6) is 1.74. The number of nitriles is 1. The van der Waals surface area contributed by atoms with E-state index in [1.54, 1.807) is 0 Å². The Balaban J connectivity index is 1.95. The van der Waals surface area contributed by atoms with Gasteiger partial charge in [-0.1, -0.05) is 51.7 Å².